The molecule has 0 amide bonds. The quantitative estimate of drug-likeness (QED) is 0.475. The Morgan fingerprint density at radius 1 is 0.971 bits per heavy atom. The minimum absolute atomic E-state index is 0. The number of aromatic hydroxyl groups is 1. The minimum atomic E-state index is -5.49. The number of carbonyl (C=O) groups excluding carboxylic acids is 1. The van der Waals surface area contributed by atoms with Gasteiger partial charge in [0.2, 0.25) is 0 Å². The standard InChI is InChI=1S/C23H18F6N2O3.K/c1-9-10(2)19-12(11(3)18(9)32)5-6-21(4,34-19)20(33)15-16(22(24,25)26)13(7-30)14(8-31)17(15)23(27,28)29;/h15,32H,5-6H2,1-4H3;/q;+1. The van der Waals surface area contributed by atoms with Crippen LogP contribution in [-0.2, 0) is 11.2 Å². The Kier molecular flexibility index (Phi) is 8.03. The SMILES string of the molecule is Cc1c(C)c2c(c(C)c1O)CCC(C)(C(=O)C1C(C(F)(F)F)=C(C#N)C(C#N)=C1C(F)(F)F)O2.[K+]. The van der Waals surface area contributed by atoms with E-state index in [1.54, 1.807) is 20.8 Å². The molecule has 0 radical (unpaired) electrons. The Labute approximate surface area is 239 Å². The third-order valence-corrected chi connectivity index (χ3v) is 6.50. The molecule has 0 fully saturated rings. The molecule has 1 aliphatic heterocycles. The molecular formula is C23H18F6KN2O3+. The van der Waals surface area contributed by atoms with Gasteiger partial charge in [-0.15, -0.1) is 0 Å². The monoisotopic (exact) mass is 523 g/mol. The van der Waals surface area contributed by atoms with Gasteiger partial charge in [0.1, 0.15) is 23.6 Å². The van der Waals surface area contributed by atoms with Crippen molar-refractivity contribution in [2.45, 2.75) is 58.5 Å². The molecule has 0 saturated heterocycles. The molecule has 0 spiro atoms. The van der Waals surface area contributed by atoms with Crippen molar-refractivity contribution in [3.05, 3.63) is 44.5 Å². The van der Waals surface area contributed by atoms with Crippen molar-refractivity contribution in [1.82, 2.24) is 0 Å². The van der Waals surface area contributed by atoms with Crippen LogP contribution in [0.15, 0.2) is 22.3 Å². The van der Waals surface area contributed by atoms with Gasteiger partial charge in [0.25, 0.3) is 0 Å². The molecule has 1 N–H and O–H groups in total. The maximum absolute atomic E-state index is 13.9. The van der Waals surface area contributed by atoms with Crippen LogP contribution in [0.3, 0.4) is 0 Å². The normalized spacial score (nSPS) is 20.6. The topological polar surface area (TPSA) is 94.1 Å². The maximum atomic E-state index is 13.9. The molecule has 0 bridgehead atoms. The number of benzene rings is 1. The van der Waals surface area contributed by atoms with E-state index in [2.05, 4.69) is 0 Å². The number of phenolic OH excluding ortho intramolecular Hbond substituents is 1. The fourth-order valence-corrected chi connectivity index (χ4v) is 4.53. The van der Waals surface area contributed by atoms with E-state index in [0.29, 0.717) is 22.3 Å². The molecule has 0 aromatic heterocycles. The van der Waals surface area contributed by atoms with Crippen molar-refractivity contribution in [2.24, 2.45) is 5.92 Å². The van der Waals surface area contributed by atoms with Crippen molar-refractivity contribution in [3.8, 4) is 23.6 Å². The molecule has 1 unspecified atom stereocenters. The number of Topliss-reactive ketones (excluding diaryl/α,β-unsaturated/α-hetero) is 1. The molecule has 3 rings (SSSR count). The summed E-state index contributed by atoms with van der Waals surface area (Å²) in [5, 5.41) is 28.6. The first-order valence-electron chi connectivity index (χ1n) is 9.99. The number of nitriles is 2. The molecule has 180 valence electrons. The van der Waals surface area contributed by atoms with Gasteiger partial charge in [0, 0.05) is 5.56 Å². The molecule has 2 aliphatic rings. The number of phenols is 1. The summed E-state index contributed by atoms with van der Waals surface area (Å²) in [6, 6.07) is 2.06. The van der Waals surface area contributed by atoms with Crippen LogP contribution < -0.4 is 56.1 Å². The molecular weight excluding hydrogens is 505 g/mol. The number of halogens is 6. The molecule has 1 aromatic carbocycles. The van der Waals surface area contributed by atoms with Crippen molar-refractivity contribution < 1.29 is 92.4 Å². The first-order valence-corrected chi connectivity index (χ1v) is 9.99. The maximum Gasteiger partial charge on any atom is 1.00 e. The zero-order chi connectivity index (χ0) is 26.0. The van der Waals surface area contributed by atoms with Crippen LogP contribution in [-0.4, -0.2) is 28.8 Å². The van der Waals surface area contributed by atoms with E-state index in [9.17, 15) is 46.8 Å². The largest absolute Gasteiger partial charge is 1.00 e. The van der Waals surface area contributed by atoms with Crippen LogP contribution in [0.5, 0.6) is 11.5 Å². The summed E-state index contributed by atoms with van der Waals surface area (Å²) in [5.74, 6) is -4.43. The van der Waals surface area contributed by atoms with Gasteiger partial charge in [-0.1, -0.05) is 0 Å². The molecule has 1 atom stereocenters. The summed E-state index contributed by atoms with van der Waals surface area (Å²) in [6.45, 7) is 5.77. The minimum Gasteiger partial charge on any atom is -0.507 e. The van der Waals surface area contributed by atoms with Crippen molar-refractivity contribution in [1.29, 1.82) is 10.5 Å². The molecule has 1 aromatic rings. The second-order valence-electron chi connectivity index (χ2n) is 8.46. The second-order valence-corrected chi connectivity index (χ2v) is 8.46. The Balaban J connectivity index is 0.00000432. The molecule has 0 saturated carbocycles. The fourth-order valence-electron chi connectivity index (χ4n) is 4.53. The Morgan fingerprint density at radius 2 is 1.43 bits per heavy atom. The Bertz CT molecular complexity index is 1220. The van der Waals surface area contributed by atoms with Gasteiger partial charge in [-0.2, -0.15) is 36.9 Å². The van der Waals surface area contributed by atoms with Crippen LogP contribution in [0.1, 0.15) is 35.6 Å². The number of hydrogen-bond acceptors (Lipinski definition) is 5. The number of allylic oxidation sites excluding steroid dienone is 4. The van der Waals surface area contributed by atoms with Gasteiger partial charge in [-0.3, -0.25) is 4.79 Å². The van der Waals surface area contributed by atoms with Gasteiger partial charge in [0.05, 0.1) is 28.2 Å². The number of ether oxygens (including phenoxy) is 1. The number of hydrogen-bond donors (Lipinski definition) is 1. The summed E-state index contributed by atoms with van der Waals surface area (Å²) in [4.78, 5) is 13.5. The Hall–Kier alpha value is -1.83. The first-order chi connectivity index (χ1) is 15.5. The van der Waals surface area contributed by atoms with Crippen LogP contribution in [0.2, 0.25) is 0 Å². The zero-order valence-corrected chi connectivity index (χ0v) is 22.5. The number of fused-ring (bicyclic) bond motifs is 1. The van der Waals surface area contributed by atoms with Gasteiger partial charge in [0.15, 0.2) is 11.4 Å². The molecule has 35 heavy (non-hydrogen) atoms. The number of ketones is 1. The van der Waals surface area contributed by atoms with E-state index >= 15 is 0 Å². The van der Waals surface area contributed by atoms with E-state index in [4.69, 9.17) is 4.74 Å². The van der Waals surface area contributed by atoms with Crippen LogP contribution in [0, 0.1) is 49.4 Å². The summed E-state index contributed by atoms with van der Waals surface area (Å²) in [7, 11) is 0. The molecule has 1 heterocycles. The zero-order valence-electron chi connectivity index (χ0n) is 19.4. The number of carbonyl (C=O) groups is 1. The second kappa shape index (κ2) is 9.56. The first kappa shape index (κ1) is 29.4. The van der Waals surface area contributed by atoms with Gasteiger partial charge in [-0.25, -0.2) is 0 Å². The number of alkyl halides is 6. The summed E-state index contributed by atoms with van der Waals surface area (Å²) < 4.78 is 89.1. The third kappa shape index (κ3) is 4.67. The predicted molar refractivity (Wildman–Crippen MR) is 106 cm³/mol. The third-order valence-electron chi connectivity index (χ3n) is 6.50. The van der Waals surface area contributed by atoms with E-state index in [-0.39, 0.29) is 75.7 Å². The summed E-state index contributed by atoms with van der Waals surface area (Å²) in [5.41, 5.74) is -7.51. The van der Waals surface area contributed by atoms with E-state index in [0.717, 1.165) is 19.1 Å². The average molecular weight is 523 g/mol. The average Bonchev–Trinajstić information content (AvgIpc) is 3.10. The van der Waals surface area contributed by atoms with Crippen LogP contribution >= 0.6 is 0 Å². The summed E-state index contributed by atoms with van der Waals surface area (Å²) in [6.07, 6.45) is -11.2. The van der Waals surface area contributed by atoms with Crippen molar-refractivity contribution >= 4 is 5.78 Å². The van der Waals surface area contributed by atoms with E-state index in [1.165, 1.54) is 0 Å². The van der Waals surface area contributed by atoms with Crippen LogP contribution in [0.25, 0.3) is 0 Å². The van der Waals surface area contributed by atoms with E-state index < -0.39 is 51.9 Å². The molecule has 5 nitrogen and oxygen atoms in total. The van der Waals surface area contributed by atoms with Crippen molar-refractivity contribution in [3.63, 3.8) is 0 Å². The van der Waals surface area contributed by atoms with Gasteiger partial charge < -0.3 is 9.84 Å². The van der Waals surface area contributed by atoms with Gasteiger partial charge in [-0.05, 0) is 57.2 Å². The Morgan fingerprint density at radius 3 is 1.83 bits per heavy atom. The van der Waals surface area contributed by atoms with Gasteiger partial charge >= 0.3 is 63.7 Å². The summed E-state index contributed by atoms with van der Waals surface area (Å²) >= 11 is 0. The molecule has 1 aliphatic carbocycles. The van der Waals surface area contributed by atoms with E-state index in [1.807, 2.05) is 0 Å². The smallest absolute Gasteiger partial charge is 0.507 e. The van der Waals surface area contributed by atoms with Crippen molar-refractivity contribution in [2.75, 3.05) is 0 Å². The van der Waals surface area contributed by atoms with Crippen LogP contribution in [0.4, 0.5) is 26.3 Å². The number of rotatable bonds is 2. The number of nitrogens with zero attached hydrogens (tertiary/aromatic N) is 2. The molecule has 12 heteroatoms. The predicted octanol–water partition coefficient (Wildman–Crippen LogP) is 2.37. The fraction of sp³-hybridized carbons (Fsp3) is 0.435.